The summed E-state index contributed by atoms with van der Waals surface area (Å²) < 4.78 is 29.8. The van der Waals surface area contributed by atoms with Gasteiger partial charge in [-0.3, -0.25) is 10.5 Å². The largest absolute Gasteiger partial charge is 0.507 e. The predicted molar refractivity (Wildman–Crippen MR) is 76.3 cm³/mol. The molecule has 21 heavy (non-hydrogen) atoms. The van der Waals surface area contributed by atoms with Crippen LogP contribution in [0.15, 0.2) is 11.8 Å². The Labute approximate surface area is 124 Å². The highest BCUT2D eigenvalue weighted by Gasteiger charge is 2.31. The first-order chi connectivity index (χ1) is 9.95. The number of methoxy groups -OCH3 is 1. The quantitative estimate of drug-likeness (QED) is 0.341. The summed E-state index contributed by atoms with van der Waals surface area (Å²) in [7, 11) is 1.68. The zero-order valence-corrected chi connectivity index (χ0v) is 12.6. The molecule has 7 heteroatoms. The van der Waals surface area contributed by atoms with Gasteiger partial charge >= 0.3 is 6.08 Å². The highest BCUT2D eigenvalue weighted by atomic mass is 19.3. The first-order valence-electron chi connectivity index (χ1n) is 7.17. The minimum Gasteiger partial charge on any atom is -0.507 e. The van der Waals surface area contributed by atoms with Crippen molar-refractivity contribution in [3.63, 3.8) is 0 Å². The highest BCUT2D eigenvalue weighted by molar-refractivity contribution is 4.97. The van der Waals surface area contributed by atoms with Gasteiger partial charge in [-0.15, -0.1) is 0 Å². The number of ether oxygens (including phenoxy) is 1. The van der Waals surface area contributed by atoms with E-state index in [2.05, 4.69) is 0 Å². The number of halogens is 2. The molecule has 0 amide bonds. The fraction of sp³-hybridized carbons (Fsp3) is 0.857. The van der Waals surface area contributed by atoms with E-state index in [1.807, 2.05) is 6.92 Å². The molecule has 0 aromatic heterocycles. The lowest BCUT2D eigenvalue weighted by Gasteiger charge is -2.36. The number of hydrogen-bond donors (Lipinski definition) is 4. The molecule has 4 unspecified atom stereocenters. The summed E-state index contributed by atoms with van der Waals surface area (Å²) in [4.78, 5) is 0. The van der Waals surface area contributed by atoms with Crippen molar-refractivity contribution in [1.29, 1.82) is 0 Å². The van der Waals surface area contributed by atoms with Crippen molar-refractivity contribution in [3.05, 3.63) is 11.8 Å². The molecular formula is C14H27F2NO4. The second-order valence-corrected chi connectivity index (χ2v) is 5.56. The van der Waals surface area contributed by atoms with E-state index in [1.54, 1.807) is 7.11 Å². The molecule has 0 bridgehead atoms. The van der Waals surface area contributed by atoms with Crippen LogP contribution in [0.4, 0.5) is 8.78 Å². The number of nitrogens with two attached hydrogens (primary N) is 1. The van der Waals surface area contributed by atoms with Crippen LogP contribution in [0, 0.1) is 11.8 Å². The Hall–Kier alpha value is -0.760. The van der Waals surface area contributed by atoms with Crippen LogP contribution < -0.4 is 5.73 Å². The van der Waals surface area contributed by atoms with Gasteiger partial charge in [-0.2, -0.15) is 8.78 Å². The van der Waals surface area contributed by atoms with Crippen molar-refractivity contribution >= 4 is 0 Å². The van der Waals surface area contributed by atoms with E-state index in [1.165, 1.54) is 0 Å². The maximum Gasteiger partial charge on any atom is 0.307 e. The average molecular weight is 311 g/mol. The lowest BCUT2D eigenvalue weighted by atomic mass is 9.73. The molecule has 0 aromatic carbocycles. The third kappa shape index (κ3) is 7.17. The molecule has 0 saturated heterocycles. The van der Waals surface area contributed by atoms with Gasteiger partial charge in [0.05, 0.1) is 6.10 Å². The zero-order valence-electron chi connectivity index (χ0n) is 12.6. The van der Waals surface area contributed by atoms with Gasteiger partial charge in [0.2, 0.25) is 0 Å². The summed E-state index contributed by atoms with van der Waals surface area (Å²) in [6, 6.07) is -0.112. The van der Waals surface area contributed by atoms with Crippen LogP contribution in [0.3, 0.4) is 0 Å². The van der Waals surface area contributed by atoms with Gasteiger partial charge in [0.25, 0.3) is 0 Å². The average Bonchev–Trinajstić information content (AvgIpc) is 2.49. The highest BCUT2D eigenvalue weighted by Crippen LogP contribution is 2.35. The van der Waals surface area contributed by atoms with Crippen LogP contribution in [0.1, 0.15) is 45.4 Å². The Morgan fingerprint density at radius 3 is 2.38 bits per heavy atom. The molecule has 126 valence electrons. The van der Waals surface area contributed by atoms with Gasteiger partial charge in [-0.05, 0) is 44.4 Å². The van der Waals surface area contributed by atoms with Crippen LogP contribution >= 0.6 is 0 Å². The monoisotopic (exact) mass is 311 g/mol. The van der Waals surface area contributed by atoms with Crippen LogP contribution in [0.5, 0.6) is 0 Å². The number of aliphatic hydroxyl groups is 1. The number of hydrogen-bond acceptors (Lipinski definition) is 5. The third-order valence-electron chi connectivity index (χ3n) is 4.26. The fourth-order valence-corrected chi connectivity index (χ4v) is 2.88. The van der Waals surface area contributed by atoms with Gasteiger partial charge < -0.3 is 15.6 Å². The first-order valence-corrected chi connectivity index (χ1v) is 7.17. The normalized spacial score (nSPS) is 26.5. The van der Waals surface area contributed by atoms with E-state index < -0.39 is 11.8 Å². The molecule has 0 aliphatic heterocycles. The van der Waals surface area contributed by atoms with Crippen LogP contribution in [-0.4, -0.2) is 34.9 Å². The molecule has 0 aromatic rings. The van der Waals surface area contributed by atoms with E-state index in [4.69, 9.17) is 21.0 Å². The Morgan fingerprint density at radius 1 is 1.29 bits per heavy atom. The maximum atomic E-state index is 12.3. The standard InChI is InChI=1S/C14H25F2NO2.H2O2/c1-9(19-2)6-7-10-4-3-5-11(13(10)17)8-12(18)14(15)16;1-2/h9-11,13,18H,3-8,17H2,1-2H3;1-2H. The molecule has 1 aliphatic rings. The van der Waals surface area contributed by atoms with E-state index in [0.29, 0.717) is 5.92 Å². The Bertz CT molecular complexity index is 311. The summed E-state index contributed by atoms with van der Waals surface area (Å²) in [6.45, 7) is 2.01. The molecule has 1 saturated carbocycles. The minimum absolute atomic E-state index is 0.000167. The summed E-state index contributed by atoms with van der Waals surface area (Å²) in [5.41, 5.74) is 6.18. The summed E-state index contributed by atoms with van der Waals surface area (Å²) >= 11 is 0. The fourth-order valence-electron chi connectivity index (χ4n) is 2.88. The molecular weight excluding hydrogens is 284 g/mol. The van der Waals surface area contributed by atoms with Gasteiger partial charge in [-0.1, -0.05) is 6.42 Å². The molecule has 5 N–H and O–H groups in total. The van der Waals surface area contributed by atoms with Crippen LogP contribution in [0.2, 0.25) is 0 Å². The molecule has 1 fully saturated rings. The number of rotatable bonds is 6. The minimum atomic E-state index is -1.98. The number of allylic oxidation sites excluding steroid dienone is 1. The molecule has 1 aliphatic carbocycles. The third-order valence-corrected chi connectivity index (χ3v) is 4.26. The molecule has 5 nitrogen and oxygen atoms in total. The van der Waals surface area contributed by atoms with Crippen molar-refractivity contribution in [3.8, 4) is 0 Å². The SMILES string of the molecule is COC(C)CCC1CCCC(CC(O)=C(F)F)C1N.OO. The van der Waals surface area contributed by atoms with Gasteiger partial charge in [-0.25, -0.2) is 0 Å². The van der Waals surface area contributed by atoms with Crippen LogP contribution in [0.25, 0.3) is 0 Å². The van der Waals surface area contributed by atoms with E-state index in [0.717, 1.165) is 32.1 Å². The van der Waals surface area contributed by atoms with Gasteiger partial charge in [0.1, 0.15) is 0 Å². The molecule has 1 rings (SSSR count). The smallest absolute Gasteiger partial charge is 0.307 e. The second kappa shape index (κ2) is 10.9. The van der Waals surface area contributed by atoms with E-state index in [-0.39, 0.29) is 24.5 Å². The Kier molecular flexibility index (Phi) is 10.5. The van der Waals surface area contributed by atoms with Gasteiger partial charge in [0, 0.05) is 19.6 Å². The molecule has 0 heterocycles. The van der Waals surface area contributed by atoms with Crippen molar-refractivity contribution in [1.82, 2.24) is 0 Å². The summed E-state index contributed by atoms with van der Waals surface area (Å²) in [5, 5.41) is 21.2. The predicted octanol–water partition coefficient (Wildman–Crippen LogP) is 3.62. The van der Waals surface area contributed by atoms with Crippen molar-refractivity contribution in [2.75, 3.05) is 7.11 Å². The first kappa shape index (κ1) is 20.2. The lowest BCUT2D eigenvalue weighted by molar-refractivity contribution is -0.176. The van der Waals surface area contributed by atoms with Crippen molar-refractivity contribution in [2.45, 2.75) is 57.6 Å². The topological polar surface area (TPSA) is 95.9 Å². The maximum absolute atomic E-state index is 12.3. The second-order valence-electron chi connectivity index (χ2n) is 5.56. The van der Waals surface area contributed by atoms with Crippen molar-refractivity contribution < 1.29 is 29.1 Å². The summed E-state index contributed by atoms with van der Waals surface area (Å²) in [5.74, 6) is -0.503. The molecule has 0 spiro atoms. The Morgan fingerprint density at radius 2 is 1.86 bits per heavy atom. The van der Waals surface area contributed by atoms with E-state index >= 15 is 0 Å². The Balaban J connectivity index is 0.00000191. The van der Waals surface area contributed by atoms with E-state index in [9.17, 15) is 13.9 Å². The zero-order chi connectivity index (χ0) is 16.4. The number of aliphatic hydroxyl groups excluding tert-OH is 1. The molecule has 4 atom stereocenters. The molecule has 0 radical (unpaired) electrons. The lowest BCUT2D eigenvalue weighted by Crippen LogP contribution is -2.41. The van der Waals surface area contributed by atoms with Gasteiger partial charge in [0.15, 0.2) is 5.76 Å². The van der Waals surface area contributed by atoms with Crippen LogP contribution in [-0.2, 0) is 4.74 Å². The van der Waals surface area contributed by atoms with Crippen molar-refractivity contribution in [2.24, 2.45) is 17.6 Å². The summed E-state index contributed by atoms with van der Waals surface area (Å²) in [6.07, 6.45) is 2.94.